The topological polar surface area (TPSA) is 67.0 Å². The van der Waals surface area contributed by atoms with Gasteiger partial charge >= 0.3 is 0 Å². The molecule has 2 rings (SSSR count). The van der Waals surface area contributed by atoms with E-state index in [1.54, 1.807) is 0 Å². The summed E-state index contributed by atoms with van der Waals surface area (Å²) in [5.41, 5.74) is 2.34. The van der Waals surface area contributed by atoms with E-state index in [4.69, 9.17) is 4.74 Å². The lowest BCUT2D eigenvalue weighted by atomic mass is 10.2. The summed E-state index contributed by atoms with van der Waals surface area (Å²) in [5.74, 6) is 0.682. The maximum absolute atomic E-state index is 11.9. The van der Waals surface area contributed by atoms with Crippen molar-refractivity contribution >= 4 is 5.91 Å². The van der Waals surface area contributed by atoms with Crippen molar-refractivity contribution in [2.45, 2.75) is 20.4 Å². The summed E-state index contributed by atoms with van der Waals surface area (Å²) in [6, 6.07) is 7.68. The molecule has 2 aromatic rings. The lowest BCUT2D eigenvalue weighted by Gasteiger charge is -2.07. The van der Waals surface area contributed by atoms with Gasteiger partial charge in [0.1, 0.15) is 5.75 Å². The van der Waals surface area contributed by atoms with Crippen molar-refractivity contribution in [3.05, 3.63) is 47.3 Å². The van der Waals surface area contributed by atoms with Gasteiger partial charge in [0.15, 0.2) is 0 Å². The fraction of sp³-hybridized carbons (Fsp3) is 0.286. The van der Waals surface area contributed by atoms with Gasteiger partial charge in [-0.2, -0.15) is 5.10 Å². The van der Waals surface area contributed by atoms with Crippen LogP contribution in [0.25, 0.3) is 0 Å². The molecule has 5 nitrogen and oxygen atoms in total. The van der Waals surface area contributed by atoms with E-state index in [1.807, 2.05) is 38.1 Å². The number of nitrogens with one attached hydrogen (secondary N) is 2. The van der Waals surface area contributed by atoms with Crippen LogP contribution in [0.5, 0.6) is 5.75 Å². The molecule has 0 radical (unpaired) electrons. The predicted octanol–water partition coefficient (Wildman–Crippen LogP) is 2.05. The average molecular weight is 259 g/mol. The number of carbonyl (C=O) groups is 1. The highest BCUT2D eigenvalue weighted by Crippen LogP contribution is 2.13. The Morgan fingerprint density at radius 2 is 2.32 bits per heavy atom. The summed E-state index contributed by atoms with van der Waals surface area (Å²) in [6.45, 7) is 4.85. The van der Waals surface area contributed by atoms with E-state index in [2.05, 4.69) is 15.5 Å². The molecule has 1 aromatic carbocycles. The van der Waals surface area contributed by atoms with Crippen LogP contribution in [0.1, 0.15) is 28.5 Å². The number of hydrogen-bond donors (Lipinski definition) is 2. The van der Waals surface area contributed by atoms with Crippen molar-refractivity contribution in [1.29, 1.82) is 0 Å². The molecule has 2 N–H and O–H groups in total. The number of hydrogen-bond acceptors (Lipinski definition) is 3. The van der Waals surface area contributed by atoms with Crippen molar-refractivity contribution in [3.63, 3.8) is 0 Å². The van der Waals surface area contributed by atoms with Crippen molar-refractivity contribution in [2.24, 2.45) is 0 Å². The van der Waals surface area contributed by atoms with Crippen LogP contribution in [-0.2, 0) is 6.54 Å². The number of aromatic nitrogens is 2. The van der Waals surface area contributed by atoms with E-state index >= 15 is 0 Å². The van der Waals surface area contributed by atoms with Gasteiger partial charge in [0.25, 0.3) is 5.91 Å². The van der Waals surface area contributed by atoms with E-state index < -0.39 is 0 Å². The molecule has 0 aliphatic carbocycles. The molecule has 0 unspecified atom stereocenters. The van der Waals surface area contributed by atoms with Crippen molar-refractivity contribution in [1.82, 2.24) is 15.5 Å². The normalized spacial score (nSPS) is 10.2. The summed E-state index contributed by atoms with van der Waals surface area (Å²) < 4.78 is 5.42. The first kappa shape index (κ1) is 13.1. The van der Waals surface area contributed by atoms with Crippen LogP contribution >= 0.6 is 0 Å². The lowest BCUT2D eigenvalue weighted by molar-refractivity contribution is 0.0950. The smallest absolute Gasteiger partial charge is 0.255 e. The van der Waals surface area contributed by atoms with Crippen molar-refractivity contribution in [3.8, 4) is 5.75 Å². The Bertz CT molecular complexity index is 563. The number of amides is 1. The number of carbonyl (C=O) groups excluding carboxylic acids is 1. The fourth-order valence-corrected chi connectivity index (χ4v) is 1.77. The molecular formula is C14H17N3O2. The van der Waals surface area contributed by atoms with Crippen LogP contribution in [0.15, 0.2) is 30.5 Å². The summed E-state index contributed by atoms with van der Waals surface area (Å²) in [7, 11) is 0. The highest BCUT2D eigenvalue weighted by atomic mass is 16.5. The average Bonchev–Trinajstić information content (AvgIpc) is 2.83. The first-order valence-corrected chi connectivity index (χ1v) is 6.20. The molecule has 0 atom stereocenters. The Kier molecular flexibility index (Phi) is 4.18. The first-order valence-electron chi connectivity index (χ1n) is 6.20. The Morgan fingerprint density at radius 3 is 3.00 bits per heavy atom. The molecule has 0 saturated heterocycles. The number of ether oxygens (including phenoxy) is 1. The van der Waals surface area contributed by atoms with Crippen LogP contribution < -0.4 is 10.1 Å². The molecule has 19 heavy (non-hydrogen) atoms. The Balaban J connectivity index is 1.97. The van der Waals surface area contributed by atoms with E-state index in [-0.39, 0.29) is 5.91 Å². The van der Waals surface area contributed by atoms with Gasteiger partial charge in [0, 0.05) is 12.2 Å². The zero-order valence-electron chi connectivity index (χ0n) is 11.1. The molecule has 0 fully saturated rings. The number of H-pyrrole nitrogens is 1. The van der Waals surface area contributed by atoms with Gasteiger partial charge in [-0.1, -0.05) is 12.1 Å². The van der Waals surface area contributed by atoms with Crippen molar-refractivity contribution in [2.75, 3.05) is 6.61 Å². The van der Waals surface area contributed by atoms with E-state index in [0.717, 1.165) is 17.0 Å². The molecule has 0 aliphatic rings. The van der Waals surface area contributed by atoms with E-state index in [1.165, 1.54) is 6.20 Å². The number of aryl methyl sites for hydroxylation is 1. The van der Waals surface area contributed by atoms with Gasteiger partial charge in [0.2, 0.25) is 0 Å². The van der Waals surface area contributed by atoms with Crippen LogP contribution in [0.4, 0.5) is 0 Å². The van der Waals surface area contributed by atoms with Gasteiger partial charge in [-0.05, 0) is 31.5 Å². The summed E-state index contributed by atoms with van der Waals surface area (Å²) >= 11 is 0. The minimum Gasteiger partial charge on any atom is -0.494 e. The van der Waals surface area contributed by atoms with Crippen LogP contribution in [-0.4, -0.2) is 22.7 Å². The second kappa shape index (κ2) is 6.04. The zero-order chi connectivity index (χ0) is 13.7. The predicted molar refractivity (Wildman–Crippen MR) is 72.1 cm³/mol. The van der Waals surface area contributed by atoms with Crippen LogP contribution in [0, 0.1) is 6.92 Å². The zero-order valence-corrected chi connectivity index (χ0v) is 11.1. The van der Waals surface area contributed by atoms with Crippen molar-refractivity contribution < 1.29 is 9.53 Å². The maximum Gasteiger partial charge on any atom is 0.255 e. The Morgan fingerprint density at radius 1 is 1.47 bits per heavy atom. The van der Waals surface area contributed by atoms with E-state index in [0.29, 0.717) is 18.7 Å². The first-order chi connectivity index (χ1) is 9.20. The highest BCUT2D eigenvalue weighted by molar-refractivity contribution is 5.94. The minimum atomic E-state index is -0.131. The molecule has 1 heterocycles. The molecule has 0 aliphatic heterocycles. The van der Waals surface area contributed by atoms with Gasteiger partial charge in [-0.25, -0.2) is 0 Å². The minimum absolute atomic E-state index is 0.131. The summed E-state index contributed by atoms with van der Waals surface area (Å²) in [4.78, 5) is 11.9. The van der Waals surface area contributed by atoms with E-state index in [9.17, 15) is 4.79 Å². The summed E-state index contributed by atoms with van der Waals surface area (Å²) in [6.07, 6.45) is 1.53. The fourth-order valence-electron chi connectivity index (χ4n) is 1.77. The Labute approximate surface area is 112 Å². The number of benzene rings is 1. The monoisotopic (exact) mass is 259 g/mol. The van der Waals surface area contributed by atoms with Gasteiger partial charge in [0.05, 0.1) is 18.4 Å². The highest BCUT2D eigenvalue weighted by Gasteiger charge is 2.10. The van der Waals surface area contributed by atoms with Gasteiger partial charge in [-0.3, -0.25) is 9.89 Å². The third kappa shape index (κ3) is 3.34. The number of nitrogens with zero attached hydrogens (tertiary/aromatic N) is 1. The van der Waals surface area contributed by atoms with Crippen LogP contribution in [0.3, 0.4) is 0 Å². The maximum atomic E-state index is 11.9. The third-order valence-electron chi connectivity index (χ3n) is 2.74. The Hall–Kier alpha value is -2.30. The van der Waals surface area contributed by atoms with Gasteiger partial charge < -0.3 is 10.1 Å². The molecule has 0 saturated carbocycles. The standard InChI is InChI=1S/C14H17N3O2/c1-3-19-12-6-4-5-11(7-12)8-15-14(18)13-9-16-17-10(13)2/h4-7,9H,3,8H2,1-2H3,(H,15,18)(H,16,17). The molecule has 100 valence electrons. The van der Waals surface area contributed by atoms with Gasteiger partial charge in [-0.15, -0.1) is 0 Å². The summed E-state index contributed by atoms with van der Waals surface area (Å²) in [5, 5.41) is 9.43. The molecule has 1 amide bonds. The third-order valence-corrected chi connectivity index (χ3v) is 2.74. The molecule has 1 aromatic heterocycles. The molecular weight excluding hydrogens is 242 g/mol. The lowest BCUT2D eigenvalue weighted by Crippen LogP contribution is -2.23. The largest absolute Gasteiger partial charge is 0.494 e. The molecule has 0 bridgehead atoms. The number of rotatable bonds is 5. The second-order valence-corrected chi connectivity index (χ2v) is 4.17. The molecule has 0 spiro atoms. The number of aromatic amines is 1. The molecule has 5 heteroatoms. The van der Waals surface area contributed by atoms with Crippen LogP contribution in [0.2, 0.25) is 0 Å². The quantitative estimate of drug-likeness (QED) is 0.863. The SMILES string of the molecule is CCOc1cccc(CNC(=O)c2cn[nH]c2C)c1. The second-order valence-electron chi connectivity index (χ2n) is 4.17.